The third-order valence-electron chi connectivity index (χ3n) is 5.42. The number of ether oxygens (including phenoxy) is 1. The van der Waals surface area contributed by atoms with Gasteiger partial charge in [0.05, 0.1) is 11.1 Å². The van der Waals surface area contributed by atoms with Crippen LogP contribution in [0.5, 0.6) is 5.75 Å². The largest absolute Gasteiger partial charge is 0.423 e. The molecule has 8 heteroatoms. The van der Waals surface area contributed by atoms with Crippen LogP contribution in [0.3, 0.4) is 0 Å². The maximum atomic E-state index is 12.8. The Kier molecular flexibility index (Phi) is 6.85. The zero-order valence-corrected chi connectivity index (χ0v) is 19.0. The number of nitrogens with zero attached hydrogens (tertiary/aromatic N) is 1. The minimum atomic E-state index is -0.622. The lowest BCUT2D eigenvalue weighted by Crippen LogP contribution is -2.19. The fraction of sp³-hybridized carbons (Fsp3) is 0.154. The molecule has 1 aromatic heterocycles. The summed E-state index contributed by atoms with van der Waals surface area (Å²) in [4.78, 5) is 38.0. The first kappa shape index (κ1) is 23.0. The normalized spacial score (nSPS) is 12.9. The maximum Gasteiger partial charge on any atom is 0.343 e. The zero-order chi connectivity index (χ0) is 24.1. The summed E-state index contributed by atoms with van der Waals surface area (Å²) < 4.78 is 5.34. The molecule has 0 fully saturated rings. The quantitative estimate of drug-likeness (QED) is 0.237. The summed E-state index contributed by atoms with van der Waals surface area (Å²) in [5.41, 5.74) is 7.70. The molecule has 0 atom stereocenters. The molecule has 0 spiro atoms. The second kappa shape index (κ2) is 10.1. The number of nitrogens with two attached hydrogens (primary N) is 1. The van der Waals surface area contributed by atoms with Gasteiger partial charge in [-0.2, -0.15) is 5.26 Å². The SMILES string of the molecule is N#C/C(=C\c1ccc(OC(=O)c2ccccc2)cc1)C(=O)Nc1sc2c(c1C(N)=O)CCCC2. The van der Waals surface area contributed by atoms with Crippen molar-refractivity contribution < 1.29 is 19.1 Å². The van der Waals surface area contributed by atoms with Gasteiger partial charge in [-0.15, -0.1) is 11.3 Å². The van der Waals surface area contributed by atoms with E-state index in [2.05, 4.69) is 5.32 Å². The number of hydrogen-bond acceptors (Lipinski definition) is 6. The summed E-state index contributed by atoms with van der Waals surface area (Å²) in [6.07, 6.45) is 5.02. The summed E-state index contributed by atoms with van der Waals surface area (Å²) in [7, 11) is 0. The van der Waals surface area contributed by atoms with Crippen molar-refractivity contribution in [3.8, 4) is 11.8 Å². The Labute approximate surface area is 200 Å². The lowest BCUT2D eigenvalue weighted by Gasteiger charge is -2.11. The van der Waals surface area contributed by atoms with Crippen molar-refractivity contribution in [3.63, 3.8) is 0 Å². The van der Waals surface area contributed by atoms with Crippen molar-refractivity contribution in [1.29, 1.82) is 5.26 Å². The number of anilines is 1. The van der Waals surface area contributed by atoms with E-state index in [0.717, 1.165) is 36.1 Å². The van der Waals surface area contributed by atoms with Gasteiger partial charge in [-0.3, -0.25) is 9.59 Å². The molecule has 3 N–H and O–H groups in total. The fourth-order valence-corrected chi connectivity index (χ4v) is 5.06. The highest BCUT2D eigenvalue weighted by molar-refractivity contribution is 7.17. The van der Waals surface area contributed by atoms with Crippen LogP contribution in [0.25, 0.3) is 6.08 Å². The average molecular weight is 472 g/mol. The van der Waals surface area contributed by atoms with E-state index in [9.17, 15) is 19.6 Å². The first-order chi connectivity index (χ1) is 16.5. The van der Waals surface area contributed by atoms with Gasteiger partial charge in [0, 0.05) is 4.88 Å². The monoisotopic (exact) mass is 471 g/mol. The van der Waals surface area contributed by atoms with Crippen molar-refractivity contribution in [3.05, 3.63) is 87.3 Å². The van der Waals surface area contributed by atoms with Crippen LogP contribution in [0, 0.1) is 11.3 Å². The molecule has 0 saturated heterocycles. The highest BCUT2D eigenvalue weighted by Crippen LogP contribution is 2.38. The van der Waals surface area contributed by atoms with Gasteiger partial charge < -0.3 is 15.8 Å². The van der Waals surface area contributed by atoms with Crippen LogP contribution < -0.4 is 15.8 Å². The number of fused-ring (bicyclic) bond motifs is 1. The Morgan fingerprint density at radius 1 is 1.03 bits per heavy atom. The molecule has 1 aliphatic rings. The summed E-state index contributed by atoms with van der Waals surface area (Å²) in [6, 6.07) is 17.0. The number of thiophene rings is 1. The molecular weight excluding hydrogens is 450 g/mol. The van der Waals surface area contributed by atoms with Crippen LogP contribution in [0.4, 0.5) is 5.00 Å². The average Bonchev–Trinajstić information content (AvgIpc) is 3.22. The molecular formula is C26H21N3O4S. The number of carbonyl (C=O) groups excluding carboxylic acids is 3. The summed E-state index contributed by atoms with van der Waals surface area (Å²) in [5.74, 6) is -1.35. The minimum Gasteiger partial charge on any atom is -0.423 e. The minimum absolute atomic E-state index is 0.129. The van der Waals surface area contributed by atoms with Crippen molar-refractivity contribution in [2.24, 2.45) is 5.73 Å². The van der Waals surface area contributed by atoms with E-state index < -0.39 is 17.8 Å². The number of hydrogen-bond donors (Lipinski definition) is 2. The highest BCUT2D eigenvalue weighted by atomic mass is 32.1. The van der Waals surface area contributed by atoms with Gasteiger partial charge in [0.25, 0.3) is 11.8 Å². The van der Waals surface area contributed by atoms with E-state index in [1.807, 2.05) is 12.1 Å². The van der Waals surface area contributed by atoms with Crippen LogP contribution in [0.2, 0.25) is 0 Å². The number of aryl methyl sites for hydroxylation is 1. The number of rotatable bonds is 6. The molecule has 1 heterocycles. The van der Waals surface area contributed by atoms with Gasteiger partial charge >= 0.3 is 5.97 Å². The Hall–Kier alpha value is -4.22. The fourth-order valence-electron chi connectivity index (χ4n) is 3.77. The molecule has 0 unspecified atom stereocenters. The van der Waals surface area contributed by atoms with Crippen molar-refractivity contribution in [2.45, 2.75) is 25.7 Å². The topological polar surface area (TPSA) is 122 Å². The molecule has 2 amide bonds. The molecule has 3 aromatic rings. The lowest BCUT2D eigenvalue weighted by molar-refractivity contribution is -0.112. The number of primary amides is 1. The van der Waals surface area contributed by atoms with Crippen LogP contribution in [0.15, 0.2) is 60.2 Å². The summed E-state index contributed by atoms with van der Waals surface area (Å²) in [5, 5.41) is 12.6. The molecule has 170 valence electrons. The van der Waals surface area contributed by atoms with E-state index in [0.29, 0.717) is 27.4 Å². The van der Waals surface area contributed by atoms with Gasteiger partial charge in [-0.1, -0.05) is 30.3 Å². The van der Waals surface area contributed by atoms with E-state index in [-0.39, 0.29) is 5.57 Å². The highest BCUT2D eigenvalue weighted by Gasteiger charge is 2.25. The van der Waals surface area contributed by atoms with Crippen LogP contribution in [-0.4, -0.2) is 17.8 Å². The summed E-state index contributed by atoms with van der Waals surface area (Å²) >= 11 is 1.34. The number of amides is 2. The van der Waals surface area contributed by atoms with Crippen molar-refractivity contribution in [2.75, 3.05) is 5.32 Å². The standard InChI is InChI=1S/C26H21N3O4S/c27-15-18(24(31)29-25-22(23(28)30)20-8-4-5-9-21(20)34-25)14-16-10-12-19(13-11-16)33-26(32)17-6-2-1-3-7-17/h1-3,6-7,10-14H,4-5,8-9H2,(H2,28,30)(H,29,31)/b18-14+. The number of nitrogens with one attached hydrogen (secondary N) is 1. The van der Waals surface area contributed by atoms with Crippen LogP contribution >= 0.6 is 11.3 Å². The van der Waals surface area contributed by atoms with Gasteiger partial charge in [0.1, 0.15) is 22.4 Å². The molecule has 0 radical (unpaired) electrons. The van der Waals surface area contributed by atoms with E-state index in [1.165, 1.54) is 17.4 Å². The van der Waals surface area contributed by atoms with E-state index in [4.69, 9.17) is 10.5 Å². The van der Waals surface area contributed by atoms with Crippen LogP contribution in [0.1, 0.15) is 49.6 Å². The number of esters is 1. The van der Waals surface area contributed by atoms with Gasteiger partial charge in [-0.25, -0.2) is 4.79 Å². The predicted molar refractivity (Wildman–Crippen MR) is 130 cm³/mol. The Balaban J connectivity index is 1.49. The zero-order valence-electron chi connectivity index (χ0n) is 18.2. The molecule has 7 nitrogen and oxygen atoms in total. The Morgan fingerprint density at radius 2 is 1.74 bits per heavy atom. The first-order valence-corrected chi connectivity index (χ1v) is 11.5. The molecule has 34 heavy (non-hydrogen) atoms. The third kappa shape index (κ3) is 5.05. The van der Waals surface area contributed by atoms with E-state index >= 15 is 0 Å². The first-order valence-electron chi connectivity index (χ1n) is 10.7. The smallest absolute Gasteiger partial charge is 0.343 e. The molecule has 0 aliphatic heterocycles. The molecule has 4 rings (SSSR count). The number of nitriles is 1. The number of benzene rings is 2. The Bertz CT molecular complexity index is 1320. The molecule has 0 bridgehead atoms. The Morgan fingerprint density at radius 3 is 2.41 bits per heavy atom. The lowest BCUT2D eigenvalue weighted by atomic mass is 9.95. The van der Waals surface area contributed by atoms with Gasteiger partial charge in [0.15, 0.2) is 0 Å². The second-order valence-corrected chi connectivity index (χ2v) is 8.83. The van der Waals surface area contributed by atoms with Crippen molar-refractivity contribution in [1.82, 2.24) is 0 Å². The van der Waals surface area contributed by atoms with Crippen LogP contribution in [-0.2, 0) is 17.6 Å². The maximum absolute atomic E-state index is 12.8. The van der Waals surface area contributed by atoms with Gasteiger partial charge in [-0.05, 0) is 67.2 Å². The third-order valence-corrected chi connectivity index (χ3v) is 6.63. The molecule has 1 aliphatic carbocycles. The molecule has 0 saturated carbocycles. The van der Waals surface area contributed by atoms with Crippen molar-refractivity contribution >= 4 is 40.2 Å². The predicted octanol–water partition coefficient (Wildman–Crippen LogP) is 4.49. The number of carbonyl (C=O) groups is 3. The summed E-state index contributed by atoms with van der Waals surface area (Å²) in [6.45, 7) is 0. The van der Waals surface area contributed by atoms with Gasteiger partial charge in [0.2, 0.25) is 0 Å². The second-order valence-electron chi connectivity index (χ2n) is 7.73. The van der Waals surface area contributed by atoms with E-state index in [1.54, 1.807) is 48.5 Å². The molecule has 2 aromatic carbocycles.